The van der Waals surface area contributed by atoms with Gasteiger partial charge in [0.1, 0.15) is 17.3 Å². The Bertz CT molecular complexity index is 1060. The molecule has 0 saturated carbocycles. The quantitative estimate of drug-likeness (QED) is 0.639. The van der Waals surface area contributed by atoms with Crippen molar-refractivity contribution in [1.82, 2.24) is 19.8 Å². The summed E-state index contributed by atoms with van der Waals surface area (Å²) in [6, 6.07) is 7.96. The minimum absolute atomic E-state index is 0.0465. The van der Waals surface area contributed by atoms with E-state index in [2.05, 4.69) is 17.2 Å². The minimum Gasteiger partial charge on any atom is -0.494 e. The van der Waals surface area contributed by atoms with E-state index in [1.54, 1.807) is 4.90 Å². The number of benzene rings is 1. The smallest absolute Gasteiger partial charge is 0.273 e. The van der Waals surface area contributed by atoms with Crippen LogP contribution >= 0.6 is 0 Å². The Morgan fingerprint density at radius 1 is 1.03 bits per heavy atom. The molecule has 2 aromatic rings. The average molecular weight is 467 g/mol. The highest BCUT2D eigenvalue weighted by Crippen LogP contribution is 2.32. The van der Waals surface area contributed by atoms with E-state index in [9.17, 15) is 9.59 Å². The van der Waals surface area contributed by atoms with Crippen molar-refractivity contribution in [3.8, 4) is 5.75 Å². The maximum Gasteiger partial charge on any atom is 0.273 e. The number of nitrogens with zero attached hydrogens (tertiary/aromatic N) is 5. The number of likely N-dealkylation sites (N-methyl/N-ethyl adjacent to an activating group) is 1. The van der Waals surface area contributed by atoms with Gasteiger partial charge in [0.25, 0.3) is 5.91 Å². The second-order valence-electron chi connectivity index (χ2n) is 8.99. The molecule has 0 bridgehead atoms. The maximum atomic E-state index is 13.1. The summed E-state index contributed by atoms with van der Waals surface area (Å²) in [5.41, 5.74) is 2.30. The highest BCUT2D eigenvalue weighted by Gasteiger charge is 2.36. The lowest BCUT2D eigenvalue weighted by atomic mass is 10.1. The number of rotatable bonds is 8. The fourth-order valence-electron chi connectivity index (χ4n) is 4.38. The van der Waals surface area contributed by atoms with E-state index in [-0.39, 0.29) is 30.4 Å². The number of carbonyl (C=O) groups is 2. The van der Waals surface area contributed by atoms with Crippen molar-refractivity contribution >= 4 is 23.6 Å². The van der Waals surface area contributed by atoms with Gasteiger partial charge in [0, 0.05) is 37.3 Å². The highest BCUT2D eigenvalue weighted by atomic mass is 16.5. The molecule has 9 nitrogen and oxygen atoms in total. The number of aromatic nitrogens is 2. The van der Waals surface area contributed by atoms with Crippen LogP contribution in [0.1, 0.15) is 62.3 Å². The third-order valence-electron chi connectivity index (χ3n) is 6.44. The predicted molar refractivity (Wildman–Crippen MR) is 131 cm³/mol. The zero-order valence-corrected chi connectivity index (χ0v) is 20.7. The molecule has 0 aliphatic carbocycles. The summed E-state index contributed by atoms with van der Waals surface area (Å²) < 4.78 is 5.55. The van der Waals surface area contributed by atoms with Gasteiger partial charge in [-0.3, -0.25) is 9.59 Å². The van der Waals surface area contributed by atoms with Gasteiger partial charge in [-0.15, -0.1) is 0 Å². The van der Waals surface area contributed by atoms with Crippen LogP contribution in [0, 0.1) is 0 Å². The number of nitrogens with one attached hydrogen (secondary N) is 1. The Morgan fingerprint density at radius 2 is 1.76 bits per heavy atom. The highest BCUT2D eigenvalue weighted by molar-refractivity contribution is 5.98. The van der Waals surface area contributed by atoms with E-state index in [1.165, 1.54) is 0 Å². The monoisotopic (exact) mass is 466 g/mol. The second kappa shape index (κ2) is 9.87. The van der Waals surface area contributed by atoms with E-state index in [0.717, 1.165) is 16.9 Å². The SMILES string of the molecule is CCOc1ccc([C@@H](C)Nc2nc(N3CCN(CC)C(=O)C3)nc3c2CN(C(C)C)C3=O)cc1. The molecule has 2 aliphatic heterocycles. The molecule has 0 spiro atoms. The molecule has 2 aliphatic rings. The lowest BCUT2D eigenvalue weighted by Gasteiger charge is -2.34. The number of ether oxygens (including phenoxy) is 1. The normalized spacial score (nSPS) is 16.8. The molecular formula is C25H34N6O3. The van der Waals surface area contributed by atoms with Crippen molar-refractivity contribution < 1.29 is 14.3 Å². The number of piperazine rings is 1. The molecule has 4 rings (SSSR count). The van der Waals surface area contributed by atoms with Gasteiger partial charge in [-0.05, 0) is 52.3 Å². The van der Waals surface area contributed by atoms with Crippen LogP contribution in [-0.2, 0) is 11.3 Å². The van der Waals surface area contributed by atoms with Crippen molar-refractivity contribution in [3.63, 3.8) is 0 Å². The van der Waals surface area contributed by atoms with Crippen LogP contribution in [0.2, 0.25) is 0 Å². The van der Waals surface area contributed by atoms with Crippen molar-refractivity contribution in [2.45, 2.75) is 53.2 Å². The number of hydrogen-bond acceptors (Lipinski definition) is 7. The average Bonchev–Trinajstić information content (AvgIpc) is 3.16. The molecule has 0 unspecified atom stereocenters. The van der Waals surface area contributed by atoms with Crippen LogP contribution in [0.3, 0.4) is 0 Å². The first-order valence-electron chi connectivity index (χ1n) is 12.1. The lowest BCUT2D eigenvalue weighted by Crippen LogP contribution is -2.50. The van der Waals surface area contributed by atoms with Gasteiger partial charge in [0.2, 0.25) is 11.9 Å². The van der Waals surface area contributed by atoms with Crippen molar-refractivity contribution in [2.75, 3.05) is 43.0 Å². The van der Waals surface area contributed by atoms with E-state index in [0.29, 0.717) is 50.2 Å². The largest absolute Gasteiger partial charge is 0.494 e. The van der Waals surface area contributed by atoms with Gasteiger partial charge in [-0.2, -0.15) is 4.98 Å². The molecule has 1 N–H and O–H groups in total. The Labute approximate surface area is 201 Å². The molecule has 182 valence electrons. The summed E-state index contributed by atoms with van der Waals surface area (Å²) >= 11 is 0. The molecule has 3 heterocycles. The molecule has 1 atom stereocenters. The summed E-state index contributed by atoms with van der Waals surface area (Å²) in [5, 5.41) is 3.51. The van der Waals surface area contributed by atoms with Gasteiger partial charge < -0.3 is 24.8 Å². The van der Waals surface area contributed by atoms with Crippen LogP contribution in [0.25, 0.3) is 0 Å². The van der Waals surface area contributed by atoms with Gasteiger partial charge in [-0.25, -0.2) is 4.98 Å². The van der Waals surface area contributed by atoms with Gasteiger partial charge in [0.15, 0.2) is 0 Å². The summed E-state index contributed by atoms with van der Waals surface area (Å²) in [6.45, 7) is 13.2. The lowest BCUT2D eigenvalue weighted by molar-refractivity contribution is -0.130. The minimum atomic E-state index is -0.0936. The molecule has 1 aromatic heterocycles. The molecule has 34 heavy (non-hydrogen) atoms. The number of fused-ring (bicyclic) bond motifs is 1. The van der Waals surface area contributed by atoms with Crippen molar-refractivity contribution in [1.29, 1.82) is 0 Å². The third kappa shape index (κ3) is 4.64. The van der Waals surface area contributed by atoms with Gasteiger partial charge >= 0.3 is 0 Å². The van der Waals surface area contributed by atoms with Crippen LogP contribution in [0.4, 0.5) is 11.8 Å². The van der Waals surface area contributed by atoms with E-state index in [1.807, 2.05) is 61.8 Å². The van der Waals surface area contributed by atoms with Crippen LogP contribution in [0.5, 0.6) is 5.75 Å². The van der Waals surface area contributed by atoms with Gasteiger partial charge in [0.05, 0.1) is 19.7 Å². The molecule has 9 heteroatoms. The van der Waals surface area contributed by atoms with E-state index >= 15 is 0 Å². The van der Waals surface area contributed by atoms with Crippen molar-refractivity contribution in [2.24, 2.45) is 0 Å². The first-order valence-corrected chi connectivity index (χ1v) is 12.1. The first kappa shape index (κ1) is 23.8. The molecule has 1 aromatic carbocycles. The Balaban J connectivity index is 1.65. The fraction of sp³-hybridized carbons (Fsp3) is 0.520. The fourth-order valence-corrected chi connectivity index (χ4v) is 4.38. The third-order valence-corrected chi connectivity index (χ3v) is 6.44. The second-order valence-corrected chi connectivity index (χ2v) is 8.99. The van der Waals surface area contributed by atoms with E-state index in [4.69, 9.17) is 9.72 Å². The summed E-state index contributed by atoms with van der Waals surface area (Å²) in [5.74, 6) is 1.85. The predicted octanol–water partition coefficient (Wildman–Crippen LogP) is 3.08. The first-order chi connectivity index (χ1) is 16.3. The molecular weight excluding hydrogens is 432 g/mol. The summed E-state index contributed by atoms with van der Waals surface area (Å²) in [6.07, 6.45) is 0. The number of amides is 2. The Morgan fingerprint density at radius 3 is 2.38 bits per heavy atom. The standard InChI is InChI=1S/C25H34N6O3/c1-6-29-12-13-30(15-21(29)32)25-27-22-20(14-31(16(3)4)24(22)33)23(28-25)26-17(5)18-8-10-19(11-9-18)34-7-2/h8-11,16-17H,6-7,12-15H2,1-5H3,(H,26,27,28)/t17-/m1/s1. The number of hydrogen-bond donors (Lipinski definition) is 1. The molecule has 2 amide bonds. The molecule has 1 fully saturated rings. The van der Waals surface area contributed by atoms with E-state index < -0.39 is 0 Å². The number of carbonyl (C=O) groups excluding carboxylic acids is 2. The number of anilines is 2. The summed E-state index contributed by atoms with van der Waals surface area (Å²) in [7, 11) is 0. The van der Waals surface area contributed by atoms with Gasteiger partial charge in [-0.1, -0.05) is 12.1 Å². The molecule has 0 radical (unpaired) electrons. The van der Waals surface area contributed by atoms with Crippen LogP contribution < -0.4 is 15.0 Å². The van der Waals surface area contributed by atoms with Crippen LogP contribution in [-0.4, -0.2) is 70.4 Å². The Kier molecular flexibility index (Phi) is 6.90. The molecule has 1 saturated heterocycles. The maximum absolute atomic E-state index is 13.1. The summed E-state index contributed by atoms with van der Waals surface area (Å²) in [4.78, 5) is 40.6. The van der Waals surface area contributed by atoms with Crippen LogP contribution in [0.15, 0.2) is 24.3 Å². The Hall–Kier alpha value is -3.36. The topological polar surface area (TPSA) is 90.9 Å². The van der Waals surface area contributed by atoms with Crippen molar-refractivity contribution in [3.05, 3.63) is 41.1 Å². The zero-order valence-electron chi connectivity index (χ0n) is 20.7. The zero-order chi connectivity index (χ0) is 24.4.